The number of amides is 2. The lowest BCUT2D eigenvalue weighted by Crippen LogP contribution is -2.50. The predicted molar refractivity (Wildman–Crippen MR) is 106 cm³/mol. The van der Waals surface area contributed by atoms with Gasteiger partial charge in [-0.05, 0) is 52.2 Å². The zero-order valence-corrected chi connectivity index (χ0v) is 16.7. The Morgan fingerprint density at radius 3 is 2.57 bits per heavy atom. The fraction of sp³-hybridized carbons (Fsp3) is 0.571. The van der Waals surface area contributed by atoms with E-state index in [1.54, 1.807) is 4.90 Å². The van der Waals surface area contributed by atoms with Crippen LogP contribution in [-0.2, 0) is 9.53 Å². The molecule has 1 aromatic carbocycles. The molecule has 2 aliphatic heterocycles. The van der Waals surface area contributed by atoms with Crippen LogP contribution in [0.15, 0.2) is 30.3 Å². The number of nitrogens with one attached hydrogen (secondary N) is 1. The van der Waals surface area contributed by atoms with Gasteiger partial charge in [0.15, 0.2) is 0 Å². The molecule has 0 saturated carbocycles. The first-order valence-electron chi connectivity index (χ1n) is 9.80. The highest BCUT2D eigenvalue weighted by atomic mass is 16.6. The summed E-state index contributed by atoms with van der Waals surface area (Å²) in [6, 6.07) is 10.8. The maximum absolute atomic E-state index is 13.2. The lowest BCUT2D eigenvalue weighted by molar-refractivity contribution is -0.135. The van der Waals surface area contributed by atoms with Crippen molar-refractivity contribution in [2.45, 2.75) is 63.8 Å². The van der Waals surface area contributed by atoms with E-state index in [0.29, 0.717) is 25.9 Å². The number of para-hydroxylation sites is 1. The maximum atomic E-state index is 13.2. The molecule has 0 aromatic heterocycles. The summed E-state index contributed by atoms with van der Waals surface area (Å²) in [5, 5.41) is 12.7. The Balaban J connectivity index is 1.78. The summed E-state index contributed by atoms with van der Waals surface area (Å²) >= 11 is 0. The minimum atomic E-state index is -0.640. The first-order chi connectivity index (χ1) is 13.3. The van der Waals surface area contributed by atoms with E-state index in [4.69, 9.17) is 4.74 Å². The number of rotatable bonds is 3. The number of carbonyl (C=O) groups is 2. The second-order valence-electron chi connectivity index (χ2n) is 8.41. The number of anilines is 1. The van der Waals surface area contributed by atoms with Crippen LogP contribution >= 0.6 is 0 Å². The number of nitriles is 1. The Labute approximate surface area is 166 Å². The summed E-state index contributed by atoms with van der Waals surface area (Å²) < 4.78 is 5.54. The van der Waals surface area contributed by atoms with Gasteiger partial charge >= 0.3 is 6.09 Å². The molecule has 2 amide bonds. The van der Waals surface area contributed by atoms with Crippen molar-refractivity contribution in [3.8, 4) is 6.07 Å². The minimum absolute atomic E-state index is 0.0630. The number of benzene rings is 1. The van der Waals surface area contributed by atoms with Gasteiger partial charge in [0.25, 0.3) is 0 Å². The highest BCUT2D eigenvalue weighted by Crippen LogP contribution is 2.28. The molecular weight excluding hydrogens is 356 g/mol. The van der Waals surface area contributed by atoms with E-state index in [0.717, 1.165) is 12.1 Å². The summed E-state index contributed by atoms with van der Waals surface area (Å²) in [6.07, 6.45) is 1.50. The Bertz CT molecular complexity index is 753. The van der Waals surface area contributed by atoms with E-state index in [1.807, 2.05) is 51.1 Å². The lowest BCUT2D eigenvalue weighted by atomic mass is 10.1. The predicted octanol–water partition coefficient (Wildman–Crippen LogP) is 2.99. The van der Waals surface area contributed by atoms with Gasteiger partial charge in [0.2, 0.25) is 5.91 Å². The van der Waals surface area contributed by atoms with E-state index in [9.17, 15) is 14.9 Å². The van der Waals surface area contributed by atoms with Gasteiger partial charge in [0.1, 0.15) is 17.7 Å². The summed E-state index contributed by atoms with van der Waals surface area (Å²) in [7, 11) is 0. The monoisotopic (exact) mass is 384 g/mol. The molecule has 0 bridgehead atoms. The first-order valence-corrected chi connectivity index (χ1v) is 9.80. The molecule has 7 nitrogen and oxygen atoms in total. The zero-order valence-electron chi connectivity index (χ0n) is 16.7. The molecule has 0 aliphatic carbocycles. The number of hydrogen-bond acceptors (Lipinski definition) is 5. The fourth-order valence-corrected chi connectivity index (χ4v) is 3.82. The SMILES string of the molecule is CC(C)(C)OC(=O)N1CC(Nc2ccccc2)CC1C(=O)N1CCC[C@H]1C#N. The van der Waals surface area contributed by atoms with Crippen LogP contribution in [0.4, 0.5) is 10.5 Å². The second-order valence-corrected chi connectivity index (χ2v) is 8.41. The lowest BCUT2D eigenvalue weighted by Gasteiger charge is -2.30. The van der Waals surface area contributed by atoms with Gasteiger partial charge < -0.3 is 15.0 Å². The van der Waals surface area contributed by atoms with Crippen LogP contribution in [0.5, 0.6) is 0 Å². The molecule has 3 rings (SSSR count). The molecular formula is C21H28N4O3. The quantitative estimate of drug-likeness (QED) is 0.866. The summed E-state index contributed by atoms with van der Waals surface area (Å²) in [5.41, 5.74) is 0.305. The smallest absolute Gasteiger partial charge is 0.411 e. The number of carbonyl (C=O) groups excluding carboxylic acids is 2. The Morgan fingerprint density at radius 2 is 1.93 bits per heavy atom. The average molecular weight is 384 g/mol. The summed E-state index contributed by atoms with van der Waals surface area (Å²) in [4.78, 5) is 29.1. The van der Waals surface area contributed by atoms with Crippen molar-refractivity contribution < 1.29 is 14.3 Å². The zero-order chi connectivity index (χ0) is 20.3. The number of nitrogens with zero attached hydrogens (tertiary/aromatic N) is 3. The van der Waals surface area contributed by atoms with Crippen LogP contribution in [0.2, 0.25) is 0 Å². The molecule has 2 saturated heterocycles. The fourth-order valence-electron chi connectivity index (χ4n) is 3.82. The van der Waals surface area contributed by atoms with Crippen LogP contribution in [0.25, 0.3) is 0 Å². The molecule has 28 heavy (non-hydrogen) atoms. The molecule has 2 heterocycles. The van der Waals surface area contributed by atoms with E-state index in [-0.39, 0.29) is 11.9 Å². The highest BCUT2D eigenvalue weighted by Gasteiger charge is 2.45. The van der Waals surface area contributed by atoms with Gasteiger partial charge in [0, 0.05) is 24.8 Å². The molecule has 150 valence electrons. The highest BCUT2D eigenvalue weighted by molar-refractivity contribution is 5.87. The topological polar surface area (TPSA) is 85.7 Å². The third-order valence-corrected chi connectivity index (χ3v) is 5.04. The summed E-state index contributed by atoms with van der Waals surface area (Å²) in [6.45, 7) is 6.37. The Kier molecular flexibility index (Phi) is 5.78. The van der Waals surface area contributed by atoms with Crippen LogP contribution in [0.3, 0.4) is 0 Å². The van der Waals surface area contributed by atoms with Crippen molar-refractivity contribution in [3.63, 3.8) is 0 Å². The van der Waals surface area contributed by atoms with Gasteiger partial charge in [-0.1, -0.05) is 18.2 Å². The molecule has 1 aromatic rings. The van der Waals surface area contributed by atoms with Gasteiger partial charge in [-0.2, -0.15) is 5.26 Å². The number of likely N-dealkylation sites (tertiary alicyclic amines) is 2. The van der Waals surface area contributed by atoms with Gasteiger partial charge in [0.05, 0.1) is 6.07 Å². The third kappa shape index (κ3) is 4.56. The molecule has 0 radical (unpaired) electrons. The average Bonchev–Trinajstić information content (AvgIpc) is 3.27. The maximum Gasteiger partial charge on any atom is 0.411 e. The van der Waals surface area contributed by atoms with E-state index >= 15 is 0 Å². The molecule has 7 heteroatoms. The second kappa shape index (κ2) is 8.09. The molecule has 1 N–H and O–H groups in total. The molecule has 3 atom stereocenters. The van der Waals surface area contributed by atoms with Crippen molar-refractivity contribution >= 4 is 17.7 Å². The first kappa shape index (κ1) is 20.0. The molecule has 2 fully saturated rings. The van der Waals surface area contributed by atoms with Gasteiger partial charge in [-0.3, -0.25) is 9.69 Å². The van der Waals surface area contributed by atoms with Crippen molar-refractivity contribution in [1.29, 1.82) is 5.26 Å². The van der Waals surface area contributed by atoms with E-state index in [1.165, 1.54) is 4.90 Å². The van der Waals surface area contributed by atoms with E-state index < -0.39 is 23.8 Å². The summed E-state index contributed by atoms with van der Waals surface area (Å²) in [5.74, 6) is -0.160. The standard InChI is InChI=1S/C21H28N4O3/c1-21(2,3)28-20(27)25-14-16(23-15-8-5-4-6-9-15)12-18(25)19(26)24-11-7-10-17(24)13-22/h4-6,8-9,16-18,23H,7,10-12,14H2,1-3H3/t16?,17-,18?/m0/s1. The van der Waals surface area contributed by atoms with Crippen LogP contribution < -0.4 is 5.32 Å². The van der Waals surface area contributed by atoms with E-state index in [2.05, 4.69) is 11.4 Å². The van der Waals surface area contributed by atoms with Crippen LogP contribution in [0.1, 0.15) is 40.0 Å². The van der Waals surface area contributed by atoms with Gasteiger partial charge in [-0.25, -0.2) is 4.79 Å². The van der Waals surface area contributed by atoms with Crippen molar-refractivity contribution in [1.82, 2.24) is 9.80 Å². The van der Waals surface area contributed by atoms with Crippen molar-refractivity contribution in [3.05, 3.63) is 30.3 Å². The Morgan fingerprint density at radius 1 is 1.21 bits per heavy atom. The largest absolute Gasteiger partial charge is 0.444 e. The minimum Gasteiger partial charge on any atom is -0.444 e. The van der Waals surface area contributed by atoms with Crippen molar-refractivity contribution in [2.24, 2.45) is 0 Å². The van der Waals surface area contributed by atoms with Crippen LogP contribution in [0, 0.1) is 11.3 Å². The Hall–Kier alpha value is -2.75. The molecule has 0 spiro atoms. The van der Waals surface area contributed by atoms with Crippen LogP contribution in [-0.4, -0.2) is 58.6 Å². The van der Waals surface area contributed by atoms with Gasteiger partial charge in [-0.15, -0.1) is 0 Å². The third-order valence-electron chi connectivity index (χ3n) is 5.04. The molecule has 2 unspecified atom stereocenters. The number of hydrogen-bond donors (Lipinski definition) is 1. The molecule has 2 aliphatic rings. The van der Waals surface area contributed by atoms with Crippen molar-refractivity contribution in [2.75, 3.05) is 18.4 Å². The normalized spacial score (nSPS) is 24.7. The number of ether oxygens (including phenoxy) is 1.